The van der Waals surface area contributed by atoms with E-state index in [2.05, 4.69) is 6.07 Å². The Balaban J connectivity index is 2.83. The zero-order chi connectivity index (χ0) is 21.7. The lowest BCUT2D eigenvalue weighted by Crippen LogP contribution is -2.13. The van der Waals surface area contributed by atoms with Gasteiger partial charge in [-0.15, -0.1) is 0 Å². The summed E-state index contributed by atoms with van der Waals surface area (Å²) in [4.78, 5) is 3.90. The number of benzene rings is 2. The molecule has 0 bridgehead atoms. The number of methoxy groups -OCH3 is 4. The third-order valence-electron chi connectivity index (χ3n) is 4.80. The van der Waals surface area contributed by atoms with Crippen molar-refractivity contribution >= 4 is 11.4 Å². The predicted molar refractivity (Wildman–Crippen MR) is 115 cm³/mol. The maximum atomic E-state index is 10.2. The van der Waals surface area contributed by atoms with Crippen molar-refractivity contribution < 1.29 is 18.9 Å². The molecule has 0 N–H and O–H groups in total. The lowest BCUT2D eigenvalue weighted by atomic mass is 9.89. The van der Waals surface area contributed by atoms with Crippen LogP contribution in [-0.4, -0.2) is 56.6 Å². The first-order chi connectivity index (χ1) is 13.8. The fourth-order valence-electron chi connectivity index (χ4n) is 3.21. The Labute approximate surface area is 173 Å². The van der Waals surface area contributed by atoms with Crippen LogP contribution in [0.25, 0.3) is 0 Å². The maximum absolute atomic E-state index is 10.2. The normalized spacial score (nSPS) is 10.3. The van der Waals surface area contributed by atoms with E-state index in [9.17, 15) is 5.26 Å². The molecule has 0 amide bonds. The molecule has 0 aliphatic carbocycles. The van der Waals surface area contributed by atoms with Gasteiger partial charge in [-0.2, -0.15) is 5.26 Å². The van der Waals surface area contributed by atoms with Crippen LogP contribution in [-0.2, 0) is 0 Å². The first kappa shape index (κ1) is 22.0. The molecular weight excluding hydrogens is 370 g/mol. The predicted octanol–water partition coefficient (Wildman–Crippen LogP) is 3.51. The van der Waals surface area contributed by atoms with Crippen LogP contribution >= 0.6 is 0 Å². The minimum absolute atomic E-state index is 0.556. The van der Waals surface area contributed by atoms with Gasteiger partial charge in [0.05, 0.1) is 45.6 Å². The summed E-state index contributed by atoms with van der Waals surface area (Å²) in [7, 11) is 14.0. The zero-order valence-electron chi connectivity index (χ0n) is 18.4. The van der Waals surface area contributed by atoms with E-state index < -0.39 is 5.92 Å². The quantitative estimate of drug-likeness (QED) is 0.673. The Kier molecular flexibility index (Phi) is 7.05. The van der Waals surface area contributed by atoms with Crippen LogP contribution < -0.4 is 28.7 Å². The van der Waals surface area contributed by atoms with E-state index in [0.717, 1.165) is 11.4 Å². The fraction of sp³-hybridized carbons (Fsp3) is 0.409. The molecule has 0 aromatic heterocycles. The van der Waals surface area contributed by atoms with Crippen LogP contribution in [0.1, 0.15) is 17.0 Å². The summed E-state index contributed by atoms with van der Waals surface area (Å²) in [5.41, 5.74) is 3.05. The van der Waals surface area contributed by atoms with Crippen LogP contribution in [0.3, 0.4) is 0 Å². The van der Waals surface area contributed by atoms with E-state index in [0.29, 0.717) is 34.1 Å². The van der Waals surface area contributed by atoms with Gasteiger partial charge < -0.3 is 28.7 Å². The van der Waals surface area contributed by atoms with E-state index in [1.165, 1.54) is 0 Å². The lowest BCUT2D eigenvalue weighted by molar-refractivity contribution is 0.375. The molecule has 0 saturated carbocycles. The van der Waals surface area contributed by atoms with E-state index >= 15 is 0 Å². The first-order valence-electron chi connectivity index (χ1n) is 9.08. The van der Waals surface area contributed by atoms with E-state index in [4.69, 9.17) is 18.9 Å². The molecule has 0 aliphatic heterocycles. The number of hydrogen-bond donors (Lipinski definition) is 0. The van der Waals surface area contributed by atoms with Gasteiger partial charge in [0.1, 0.15) is 28.9 Å². The molecular formula is C22H29N3O4. The van der Waals surface area contributed by atoms with E-state index in [1.807, 2.05) is 62.3 Å². The second-order valence-electron chi connectivity index (χ2n) is 6.88. The van der Waals surface area contributed by atoms with Gasteiger partial charge in [-0.3, -0.25) is 0 Å². The summed E-state index contributed by atoms with van der Waals surface area (Å²) in [6.07, 6.45) is 0. The number of nitriles is 1. The highest BCUT2D eigenvalue weighted by Crippen LogP contribution is 2.47. The van der Waals surface area contributed by atoms with Crippen molar-refractivity contribution in [2.75, 3.05) is 66.4 Å². The third kappa shape index (κ3) is 4.27. The summed E-state index contributed by atoms with van der Waals surface area (Å²) in [5, 5.41) is 10.2. The van der Waals surface area contributed by atoms with Crippen molar-refractivity contribution in [1.29, 1.82) is 5.26 Å². The summed E-state index contributed by atoms with van der Waals surface area (Å²) in [6.45, 7) is 0. The van der Waals surface area contributed by atoms with Gasteiger partial charge in [0.15, 0.2) is 0 Å². The van der Waals surface area contributed by atoms with Crippen molar-refractivity contribution in [2.24, 2.45) is 0 Å². The van der Waals surface area contributed by atoms with Crippen molar-refractivity contribution in [1.82, 2.24) is 0 Å². The maximum Gasteiger partial charge on any atom is 0.129 e. The molecule has 0 atom stereocenters. The van der Waals surface area contributed by atoms with Gasteiger partial charge in [0.25, 0.3) is 0 Å². The van der Waals surface area contributed by atoms with Gasteiger partial charge >= 0.3 is 0 Å². The third-order valence-corrected chi connectivity index (χ3v) is 4.80. The first-order valence-corrected chi connectivity index (χ1v) is 9.08. The fourth-order valence-corrected chi connectivity index (χ4v) is 3.21. The molecule has 0 unspecified atom stereocenters. The Bertz CT molecular complexity index is 786. The average Bonchev–Trinajstić information content (AvgIpc) is 2.73. The molecule has 29 heavy (non-hydrogen) atoms. The zero-order valence-corrected chi connectivity index (χ0v) is 18.4. The van der Waals surface area contributed by atoms with E-state index in [1.54, 1.807) is 28.4 Å². The van der Waals surface area contributed by atoms with E-state index in [-0.39, 0.29) is 0 Å². The minimum Gasteiger partial charge on any atom is -0.496 e. The molecule has 0 aliphatic rings. The van der Waals surface area contributed by atoms with Gasteiger partial charge in [0, 0.05) is 63.8 Å². The topological polar surface area (TPSA) is 67.2 Å². The highest BCUT2D eigenvalue weighted by molar-refractivity contribution is 5.68. The molecule has 156 valence electrons. The molecule has 2 rings (SSSR count). The summed E-state index contributed by atoms with van der Waals surface area (Å²) < 4.78 is 22.6. The van der Waals surface area contributed by atoms with Crippen LogP contribution in [0.15, 0.2) is 24.3 Å². The summed E-state index contributed by atoms with van der Waals surface area (Å²) in [6, 6.07) is 9.92. The summed E-state index contributed by atoms with van der Waals surface area (Å²) >= 11 is 0. The van der Waals surface area contributed by atoms with Crippen molar-refractivity contribution in [2.45, 2.75) is 5.92 Å². The van der Waals surface area contributed by atoms with Crippen molar-refractivity contribution in [3.63, 3.8) is 0 Å². The molecule has 0 spiro atoms. The van der Waals surface area contributed by atoms with Crippen molar-refractivity contribution in [3.8, 4) is 29.1 Å². The highest BCUT2D eigenvalue weighted by Gasteiger charge is 2.30. The molecule has 0 radical (unpaired) electrons. The van der Waals surface area contributed by atoms with Gasteiger partial charge in [0.2, 0.25) is 0 Å². The molecule has 2 aromatic carbocycles. The monoisotopic (exact) mass is 399 g/mol. The number of nitrogens with zero attached hydrogens (tertiary/aromatic N) is 3. The number of rotatable bonds is 8. The second kappa shape index (κ2) is 9.28. The molecule has 0 saturated heterocycles. The largest absolute Gasteiger partial charge is 0.496 e. The molecule has 0 fully saturated rings. The standard InChI is InChI=1S/C22H29N3O4/c1-24(2)14-9-17(26-5)21(18(10-14)27-6)16(13-23)22-19(28-7)11-15(25(3)4)12-20(22)29-8/h9-12,16H,1-8H3. The molecule has 2 aromatic rings. The van der Waals surface area contributed by atoms with Gasteiger partial charge in [-0.05, 0) is 0 Å². The van der Waals surface area contributed by atoms with Gasteiger partial charge in [-0.1, -0.05) is 0 Å². The smallest absolute Gasteiger partial charge is 0.129 e. The van der Waals surface area contributed by atoms with Crippen molar-refractivity contribution in [3.05, 3.63) is 35.4 Å². The Morgan fingerprint density at radius 1 is 0.655 bits per heavy atom. The number of hydrogen-bond acceptors (Lipinski definition) is 7. The molecule has 0 heterocycles. The lowest BCUT2D eigenvalue weighted by Gasteiger charge is -2.25. The van der Waals surface area contributed by atoms with Crippen LogP contribution in [0.2, 0.25) is 0 Å². The van der Waals surface area contributed by atoms with Gasteiger partial charge in [-0.25, -0.2) is 0 Å². The Hall–Kier alpha value is -3.27. The molecule has 7 heteroatoms. The van der Waals surface area contributed by atoms with Crippen LogP contribution in [0, 0.1) is 11.3 Å². The number of anilines is 2. The average molecular weight is 399 g/mol. The Morgan fingerprint density at radius 2 is 0.931 bits per heavy atom. The second-order valence-corrected chi connectivity index (χ2v) is 6.88. The molecule has 7 nitrogen and oxygen atoms in total. The summed E-state index contributed by atoms with van der Waals surface area (Å²) in [5.74, 6) is 1.50. The van der Waals surface area contributed by atoms with Crippen LogP contribution in [0.5, 0.6) is 23.0 Å². The Morgan fingerprint density at radius 3 is 1.10 bits per heavy atom. The SMILES string of the molecule is COc1cc(N(C)C)cc(OC)c1C(C#N)c1c(OC)cc(N(C)C)cc1OC. The van der Waals surface area contributed by atoms with Crippen LogP contribution in [0.4, 0.5) is 11.4 Å². The number of ether oxygens (including phenoxy) is 4. The minimum atomic E-state index is -0.725. The highest BCUT2D eigenvalue weighted by atomic mass is 16.5.